The summed E-state index contributed by atoms with van der Waals surface area (Å²) in [6.07, 6.45) is -0.545. The molecule has 1 aromatic carbocycles. The lowest BCUT2D eigenvalue weighted by atomic mass is 10.1. The molecule has 0 radical (unpaired) electrons. The van der Waals surface area contributed by atoms with Crippen LogP contribution in [0.2, 0.25) is 0 Å². The van der Waals surface area contributed by atoms with E-state index in [1.54, 1.807) is 0 Å². The van der Waals surface area contributed by atoms with E-state index < -0.39 is 6.10 Å². The van der Waals surface area contributed by atoms with Crippen molar-refractivity contribution in [2.45, 2.75) is 26.9 Å². The monoisotopic (exact) mass is 261 g/mol. The first-order chi connectivity index (χ1) is 8.99. The molecule has 0 saturated heterocycles. The first-order valence-corrected chi connectivity index (χ1v) is 6.40. The number of carbonyl (C=O) groups is 1. The largest absolute Gasteiger partial charge is 0.391 e. The molecule has 1 aromatic heterocycles. The Morgan fingerprint density at radius 2 is 2.21 bits per heavy atom. The fourth-order valence-electron chi connectivity index (χ4n) is 1.82. The van der Waals surface area contributed by atoms with Crippen LogP contribution >= 0.6 is 0 Å². The van der Waals surface area contributed by atoms with Crippen molar-refractivity contribution in [1.29, 1.82) is 0 Å². The first-order valence-electron chi connectivity index (χ1n) is 6.40. The standard InChI is InChI=1S/C14H19N3O2/c1-8(2)12(18)7-15-14(19)13-10-6-9(3)4-5-11(10)16-17-13/h4-6,8,12,18H,7H2,1-3H3,(H,15,19)(H,16,17). The van der Waals surface area contributed by atoms with Gasteiger partial charge < -0.3 is 10.4 Å². The minimum Gasteiger partial charge on any atom is -0.391 e. The molecule has 19 heavy (non-hydrogen) atoms. The number of aromatic amines is 1. The number of aliphatic hydroxyl groups is 1. The van der Waals surface area contributed by atoms with Gasteiger partial charge in [-0.3, -0.25) is 9.89 Å². The summed E-state index contributed by atoms with van der Waals surface area (Å²) in [5.74, 6) is -0.157. The van der Waals surface area contributed by atoms with E-state index >= 15 is 0 Å². The molecular weight excluding hydrogens is 242 g/mol. The third-order valence-electron chi connectivity index (χ3n) is 3.17. The van der Waals surface area contributed by atoms with Gasteiger partial charge in [-0.15, -0.1) is 0 Å². The molecule has 102 valence electrons. The highest BCUT2D eigenvalue weighted by Crippen LogP contribution is 2.17. The predicted molar refractivity (Wildman–Crippen MR) is 74.0 cm³/mol. The van der Waals surface area contributed by atoms with Gasteiger partial charge in [0, 0.05) is 11.9 Å². The lowest BCUT2D eigenvalue weighted by Crippen LogP contribution is -2.34. The number of amides is 1. The number of rotatable bonds is 4. The van der Waals surface area contributed by atoms with Crippen molar-refractivity contribution >= 4 is 16.8 Å². The van der Waals surface area contributed by atoms with E-state index in [9.17, 15) is 9.90 Å². The van der Waals surface area contributed by atoms with E-state index in [1.165, 1.54) is 0 Å². The van der Waals surface area contributed by atoms with Crippen molar-refractivity contribution in [1.82, 2.24) is 15.5 Å². The number of benzene rings is 1. The molecule has 0 saturated carbocycles. The molecule has 0 aliphatic heterocycles. The second-order valence-corrected chi connectivity index (χ2v) is 5.14. The molecule has 0 spiro atoms. The Bertz CT molecular complexity index is 589. The van der Waals surface area contributed by atoms with E-state index in [-0.39, 0.29) is 18.4 Å². The van der Waals surface area contributed by atoms with Crippen molar-refractivity contribution in [3.63, 3.8) is 0 Å². The number of hydrogen-bond donors (Lipinski definition) is 3. The molecule has 1 amide bonds. The average Bonchev–Trinajstić information content (AvgIpc) is 2.78. The number of aliphatic hydroxyl groups excluding tert-OH is 1. The molecule has 5 heteroatoms. The van der Waals surface area contributed by atoms with Gasteiger partial charge in [-0.05, 0) is 25.0 Å². The van der Waals surface area contributed by atoms with Crippen molar-refractivity contribution in [2.24, 2.45) is 5.92 Å². The number of aromatic nitrogens is 2. The van der Waals surface area contributed by atoms with E-state index in [2.05, 4.69) is 15.5 Å². The topological polar surface area (TPSA) is 78.0 Å². The molecule has 3 N–H and O–H groups in total. The quantitative estimate of drug-likeness (QED) is 0.782. The number of nitrogens with one attached hydrogen (secondary N) is 2. The Morgan fingerprint density at radius 1 is 1.47 bits per heavy atom. The van der Waals surface area contributed by atoms with Gasteiger partial charge in [-0.1, -0.05) is 25.5 Å². The number of carbonyl (C=O) groups excluding carboxylic acids is 1. The van der Waals surface area contributed by atoms with Gasteiger partial charge in [0.1, 0.15) is 0 Å². The summed E-state index contributed by atoms with van der Waals surface area (Å²) >= 11 is 0. The number of nitrogens with zero attached hydrogens (tertiary/aromatic N) is 1. The van der Waals surface area contributed by atoms with Crippen molar-refractivity contribution in [2.75, 3.05) is 6.54 Å². The van der Waals surface area contributed by atoms with Gasteiger partial charge in [0.2, 0.25) is 0 Å². The summed E-state index contributed by atoms with van der Waals surface area (Å²) in [5.41, 5.74) is 2.28. The van der Waals surface area contributed by atoms with Crippen LogP contribution in [0.5, 0.6) is 0 Å². The molecular formula is C14H19N3O2. The zero-order valence-corrected chi connectivity index (χ0v) is 11.4. The Balaban J connectivity index is 2.15. The lowest BCUT2D eigenvalue weighted by Gasteiger charge is -2.14. The minimum atomic E-state index is -0.545. The second-order valence-electron chi connectivity index (χ2n) is 5.14. The Labute approximate surface area is 112 Å². The molecule has 0 bridgehead atoms. The van der Waals surface area contributed by atoms with Crippen LogP contribution in [-0.2, 0) is 0 Å². The normalized spacial score (nSPS) is 12.9. The van der Waals surface area contributed by atoms with Gasteiger partial charge in [-0.25, -0.2) is 0 Å². The SMILES string of the molecule is Cc1ccc2[nH]nc(C(=O)NCC(O)C(C)C)c2c1. The first kappa shape index (κ1) is 13.5. The van der Waals surface area contributed by atoms with Crippen molar-refractivity contribution in [3.05, 3.63) is 29.5 Å². The van der Waals surface area contributed by atoms with Crippen LogP contribution < -0.4 is 5.32 Å². The Hall–Kier alpha value is -1.88. The molecule has 5 nitrogen and oxygen atoms in total. The molecule has 2 rings (SSSR count). The summed E-state index contributed by atoms with van der Waals surface area (Å²) in [6, 6.07) is 5.79. The van der Waals surface area contributed by atoms with Gasteiger partial charge in [0.25, 0.3) is 5.91 Å². The summed E-state index contributed by atoms with van der Waals surface area (Å²) in [7, 11) is 0. The van der Waals surface area contributed by atoms with E-state index in [1.807, 2.05) is 39.0 Å². The van der Waals surface area contributed by atoms with Gasteiger partial charge in [0.15, 0.2) is 5.69 Å². The molecule has 1 atom stereocenters. The fraction of sp³-hybridized carbons (Fsp3) is 0.429. The number of aryl methyl sites for hydroxylation is 1. The average molecular weight is 261 g/mol. The fourth-order valence-corrected chi connectivity index (χ4v) is 1.82. The van der Waals surface area contributed by atoms with Crippen LogP contribution in [0.3, 0.4) is 0 Å². The highest BCUT2D eigenvalue weighted by atomic mass is 16.3. The van der Waals surface area contributed by atoms with E-state index in [4.69, 9.17) is 0 Å². The maximum Gasteiger partial charge on any atom is 0.272 e. The molecule has 2 aromatic rings. The van der Waals surface area contributed by atoms with Crippen molar-refractivity contribution < 1.29 is 9.90 Å². The maximum atomic E-state index is 12.1. The Kier molecular flexibility index (Phi) is 3.85. The molecule has 1 heterocycles. The van der Waals surface area contributed by atoms with Crippen LogP contribution in [0, 0.1) is 12.8 Å². The molecule has 0 aliphatic rings. The van der Waals surface area contributed by atoms with E-state index in [0.29, 0.717) is 5.69 Å². The van der Waals surface area contributed by atoms with Crippen LogP contribution in [0.15, 0.2) is 18.2 Å². The zero-order valence-electron chi connectivity index (χ0n) is 11.4. The summed E-state index contributed by atoms with van der Waals surface area (Å²) < 4.78 is 0. The molecule has 0 aliphatic carbocycles. The van der Waals surface area contributed by atoms with Crippen LogP contribution in [0.4, 0.5) is 0 Å². The minimum absolute atomic E-state index is 0.110. The zero-order chi connectivity index (χ0) is 14.0. The maximum absolute atomic E-state index is 12.1. The summed E-state index contributed by atoms with van der Waals surface area (Å²) in [4.78, 5) is 12.1. The molecule has 0 fully saturated rings. The van der Waals surface area contributed by atoms with Gasteiger partial charge >= 0.3 is 0 Å². The van der Waals surface area contributed by atoms with Crippen LogP contribution in [0.1, 0.15) is 29.9 Å². The third-order valence-corrected chi connectivity index (χ3v) is 3.17. The predicted octanol–water partition coefficient (Wildman–Crippen LogP) is 1.62. The third kappa shape index (κ3) is 2.93. The summed E-state index contributed by atoms with van der Waals surface area (Å²) in [6.45, 7) is 6.02. The Morgan fingerprint density at radius 3 is 2.89 bits per heavy atom. The highest BCUT2D eigenvalue weighted by molar-refractivity contribution is 6.04. The number of H-pyrrole nitrogens is 1. The van der Waals surface area contributed by atoms with Crippen LogP contribution in [-0.4, -0.2) is 33.9 Å². The van der Waals surface area contributed by atoms with Gasteiger partial charge in [-0.2, -0.15) is 5.10 Å². The highest BCUT2D eigenvalue weighted by Gasteiger charge is 2.16. The van der Waals surface area contributed by atoms with Gasteiger partial charge in [0.05, 0.1) is 11.6 Å². The summed E-state index contributed by atoms with van der Waals surface area (Å²) in [5, 5.41) is 20.1. The molecule has 1 unspecified atom stereocenters. The van der Waals surface area contributed by atoms with Crippen molar-refractivity contribution in [3.8, 4) is 0 Å². The smallest absolute Gasteiger partial charge is 0.272 e. The lowest BCUT2D eigenvalue weighted by molar-refractivity contribution is 0.0868. The van der Waals surface area contributed by atoms with Crippen LogP contribution in [0.25, 0.3) is 10.9 Å². The second kappa shape index (κ2) is 5.40. The van der Waals surface area contributed by atoms with E-state index in [0.717, 1.165) is 16.5 Å². The number of hydrogen-bond acceptors (Lipinski definition) is 3. The number of fused-ring (bicyclic) bond motifs is 1.